The van der Waals surface area contributed by atoms with Gasteiger partial charge in [0.05, 0.1) is 67.0 Å². The Morgan fingerprint density at radius 3 is 2.24 bits per heavy atom. The van der Waals surface area contributed by atoms with E-state index in [9.17, 15) is 14.7 Å². The van der Waals surface area contributed by atoms with E-state index in [1.54, 1.807) is 60.7 Å². The summed E-state index contributed by atoms with van der Waals surface area (Å²) < 4.78 is 17.2. The number of nitrogens with zero attached hydrogens (tertiary/aromatic N) is 3. The van der Waals surface area contributed by atoms with E-state index >= 15 is 9.59 Å². The van der Waals surface area contributed by atoms with Crippen molar-refractivity contribution in [3.05, 3.63) is 116 Å². The molecule has 5 aliphatic rings. The predicted molar refractivity (Wildman–Crippen MR) is 225 cm³/mol. The molecular formula is C44H39BrCl2N4O8. The first-order valence-electron chi connectivity index (χ1n) is 19.3. The molecule has 59 heavy (non-hydrogen) atoms. The highest BCUT2D eigenvalue weighted by Crippen LogP contribution is 2.65. The van der Waals surface area contributed by atoms with Crippen LogP contribution in [0.15, 0.2) is 95.0 Å². The Morgan fingerprint density at radius 1 is 0.847 bits per heavy atom. The van der Waals surface area contributed by atoms with Crippen LogP contribution < -0.4 is 24.7 Å². The minimum Gasteiger partial charge on any atom is -0.504 e. The van der Waals surface area contributed by atoms with Gasteiger partial charge in [-0.2, -0.15) is 5.01 Å². The van der Waals surface area contributed by atoms with E-state index in [4.69, 9.17) is 37.4 Å². The van der Waals surface area contributed by atoms with E-state index in [2.05, 4.69) is 26.3 Å². The van der Waals surface area contributed by atoms with Crippen molar-refractivity contribution in [2.24, 2.45) is 23.7 Å². The summed E-state index contributed by atoms with van der Waals surface area (Å²) in [7, 11) is 2.96. The average Bonchev–Trinajstić information content (AvgIpc) is 3.63. The smallest absolute Gasteiger partial charge is 0.260 e. The van der Waals surface area contributed by atoms with Crippen molar-refractivity contribution in [3.63, 3.8) is 0 Å². The first-order valence-corrected chi connectivity index (χ1v) is 20.8. The molecule has 9 rings (SSSR count). The molecule has 4 aromatic carbocycles. The largest absolute Gasteiger partial charge is 0.504 e. The molecule has 3 saturated heterocycles. The molecule has 12 nitrogen and oxygen atoms in total. The lowest BCUT2D eigenvalue weighted by atomic mass is 9.49. The minimum absolute atomic E-state index is 0.0569. The number of amides is 4. The van der Waals surface area contributed by atoms with Crippen LogP contribution in [0.25, 0.3) is 0 Å². The van der Waals surface area contributed by atoms with Crippen molar-refractivity contribution in [1.29, 1.82) is 0 Å². The van der Waals surface area contributed by atoms with Crippen molar-refractivity contribution >= 4 is 79.8 Å². The fourth-order valence-electron chi connectivity index (χ4n) is 10.0. The van der Waals surface area contributed by atoms with Crippen LogP contribution in [-0.4, -0.2) is 74.3 Å². The molecule has 4 fully saturated rings. The Balaban J connectivity index is 1.20. The Hall–Kier alpha value is -5.08. The van der Waals surface area contributed by atoms with Crippen LogP contribution in [0.4, 0.5) is 17.1 Å². The van der Waals surface area contributed by atoms with Gasteiger partial charge in [0.25, 0.3) is 11.8 Å². The third kappa shape index (κ3) is 6.19. The van der Waals surface area contributed by atoms with Gasteiger partial charge in [-0.1, -0.05) is 62.9 Å². The molecule has 0 unspecified atom stereocenters. The summed E-state index contributed by atoms with van der Waals surface area (Å²) in [5.41, 5.74) is 4.50. The number of hydrogen-bond acceptors (Lipinski definition) is 10. The number of morpholine rings is 1. The highest BCUT2D eigenvalue weighted by molar-refractivity contribution is 9.10. The number of hydrazine groups is 1. The molecule has 2 aliphatic carbocycles. The normalized spacial score (nSPS) is 26.4. The Morgan fingerprint density at radius 2 is 1.56 bits per heavy atom. The zero-order chi connectivity index (χ0) is 41.3. The van der Waals surface area contributed by atoms with Crippen LogP contribution >= 0.6 is 39.1 Å². The van der Waals surface area contributed by atoms with Crippen LogP contribution in [0, 0.1) is 23.7 Å². The monoisotopic (exact) mass is 900 g/mol. The van der Waals surface area contributed by atoms with Gasteiger partial charge in [0.1, 0.15) is 5.75 Å². The number of nitrogens with one attached hydrogen (secondary N) is 1. The molecule has 0 radical (unpaired) electrons. The Bertz CT molecular complexity index is 2420. The van der Waals surface area contributed by atoms with Gasteiger partial charge in [0, 0.05) is 39.8 Å². The number of ether oxygens (including phenoxy) is 3. The van der Waals surface area contributed by atoms with Crippen LogP contribution in [0.3, 0.4) is 0 Å². The summed E-state index contributed by atoms with van der Waals surface area (Å²) in [6, 6.07) is 22.4. The van der Waals surface area contributed by atoms with Crippen LogP contribution in [0.2, 0.25) is 10.0 Å². The molecular weight excluding hydrogens is 863 g/mol. The molecule has 3 aliphatic heterocycles. The molecule has 0 spiro atoms. The lowest BCUT2D eigenvalue weighted by Gasteiger charge is -2.50. The second kappa shape index (κ2) is 15.2. The maximum atomic E-state index is 15.6. The van der Waals surface area contributed by atoms with Gasteiger partial charge in [-0.15, -0.1) is 0 Å². The first-order chi connectivity index (χ1) is 28.5. The van der Waals surface area contributed by atoms with E-state index in [0.717, 1.165) is 23.8 Å². The van der Waals surface area contributed by atoms with E-state index in [-0.39, 0.29) is 46.9 Å². The highest BCUT2D eigenvalue weighted by atomic mass is 79.9. The standard InChI is InChI=1S/C44H39BrCl2N4O8/c1-57-28-10-3-23(4-11-28)44-33(41(54)51(43(44)56)48-35-14-5-25(46)21-34(35)47)22-31-29(38(44)32-19-24(45)20-36(58-2)39(32)52)12-13-30-37(31)42(55)50(40(30)53)27-8-6-26(7-9-27)49-15-17-59-18-16-49/h3-12,14,19-21,30-31,33,37-38,48,52H,13,15-18,22H2,1-2H3/t30-,31+,33-,37-,38+,44+/m0/s1. The molecule has 15 heteroatoms. The maximum Gasteiger partial charge on any atom is 0.260 e. The van der Waals surface area contributed by atoms with Crippen LogP contribution in [-0.2, 0) is 29.3 Å². The van der Waals surface area contributed by atoms with E-state index in [1.165, 1.54) is 25.2 Å². The predicted octanol–water partition coefficient (Wildman–Crippen LogP) is 7.50. The summed E-state index contributed by atoms with van der Waals surface area (Å²) >= 11 is 16.4. The summed E-state index contributed by atoms with van der Waals surface area (Å²) in [5, 5.41) is 13.6. The van der Waals surface area contributed by atoms with Gasteiger partial charge in [-0.25, -0.2) is 0 Å². The number of fused-ring (bicyclic) bond motifs is 4. The van der Waals surface area contributed by atoms with Crippen molar-refractivity contribution in [1.82, 2.24) is 5.01 Å². The Labute approximate surface area is 358 Å². The molecule has 1 saturated carbocycles. The second-order valence-electron chi connectivity index (χ2n) is 15.4. The summed E-state index contributed by atoms with van der Waals surface area (Å²) in [6.45, 7) is 2.71. The topological polar surface area (TPSA) is 138 Å². The molecule has 304 valence electrons. The lowest BCUT2D eigenvalue weighted by Crippen LogP contribution is -2.53. The second-order valence-corrected chi connectivity index (χ2v) is 17.1. The Kier molecular flexibility index (Phi) is 10.1. The third-order valence-corrected chi connectivity index (χ3v) is 13.7. The fraction of sp³-hybridized carbons (Fsp3) is 0.318. The van der Waals surface area contributed by atoms with Crippen LogP contribution in [0.5, 0.6) is 17.2 Å². The van der Waals surface area contributed by atoms with E-state index < -0.39 is 46.8 Å². The quantitative estimate of drug-likeness (QED) is 0.135. The van der Waals surface area contributed by atoms with Crippen molar-refractivity contribution < 1.29 is 38.5 Å². The van der Waals surface area contributed by atoms with E-state index in [0.29, 0.717) is 50.8 Å². The number of carbonyl (C=O) groups is 4. The number of hydrogen-bond donors (Lipinski definition) is 2. The summed E-state index contributed by atoms with van der Waals surface area (Å²) in [6.07, 6.45) is 2.20. The zero-order valence-electron chi connectivity index (χ0n) is 32.0. The molecule has 6 atom stereocenters. The van der Waals surface area contributed by atoms with Gasteiger partial charge in [-0.05, 0) is 91.1 Å². The lowest BCUT2D eigenvalue weighted by molar-refractivity contribution is -0.138. The fourth-order valence-corrected chi connectivity index (χ4v) is 11.0. The van der Waals surface area contributed by atoms with E-state index in [1.807, 2.05) is 18.2 Å². The average molecular weight is 903 g/mol. The molecule has 0 aromatic heterocycles. The summed E-state index contributed by atoms with van der Waals surface area (Å²) in [5.74, 6) is -5.70. The number of carbonyl (C=O) groups excluding carboxylic acids is 4. The number of methoxy groups -OCH3 is 2. The van der Waals surface area contributed by atoms with Crippen LogP contribution in [0.1, 0.15) is 29.9 Å². The minimum atomic E-state index is -1.67. The van der Waals surface area contributed by atoms with Gasteiger partial charge in [0.2, 0.25) is 11.8 Å². The third-order valence-electron chi connectivity index (χ3n) is 12.7. The van der Waals surface area contributed by atoms with Crippen molar-refractivity contribution in [2.45, 2.75) is 24.2 Å². The highest BCUT2D eigenvalue weighted by Gasteiger charge is 2.71. The number of halogens is 3. The zero-order valence-corrected chi connectivity index (χ0v) is 35.1. The van der Waals surface area contributed by atoms with Gasteiger partial charge < -0.3 is 24.2 Å². The number of aromatic hydroxyl groups is 1. The number of benzene rings is 4. The number of rotatable bonds is 8. The molecule has 4 amide bonds. The van der Waals surface area contributed by atoms with Gasteiger partial charge >= 0.3 is 0 Å². The molecule has 3 heterocycles. The molecule has 2 N–H and O–H groups in total. The van der Waals surface area contributed by atoms with Gasteiger partial charge in [-0.3, -0.25) is 29.5 Å². The number of anilines is 3. The van der Waals surface area contributed by atoms with Crippen molar-refractivity contribution in [3.8, 4) is 17.2 Å². The van der Waals surface area contributed by atoms with Crippen molar-refractivity contribution in [2.75, 3.05) is 55.7 Å². The SMILES string of the molecule is COc1ccc([C@@]23C(=O)N(Nc4ccc(Cl)cc4Cl)C(=O)[C@@H]2C[C@@H]2C(=CC[C@@H]4C(=O)N(c5ccc(N6CCOCC6)cc5)C(=O)[C@@H]42)[C@@H]3c2cc(Br)cc(OC)c2O)cc1. The molecule has 4 aromatic rings. The van der Waals surface area contributed by atoms with Gasteiger partial charge in [0.15, 0.2) is 11.5 Å². The number of phenols is 1. The number of imide groups is 2. The summed E-state index contributed by atoms with van der Waals surface area (Å²) in [4.78, 5) is 63.4. The molecule has 0 bridgehead atoms. The number of phenolic OH excluding ortho intramolecular Hbond substituents is 1. The maximum absolute atomic E-state index is 15.6. The number of allylic oxidation sites excluding steroid dienone is 2. The first kappa shape index (κ1) is 39.4.